The summed E-state index contributed by atoms with van der Waals surface area (Å²) in [7, 11) is 3.34. The summed E-state index contributed by atoms with van der Waals surface area (Å²) in [5.74, 6) is 1.55. The molecule has 0 amide bonds. The van der Waals surface area contributed by atoms with Crippen molar-refractivity contribution in [1.82, 2.24) is 19.6 Å². The fourth-order valence-electron chi connectivity index (χ4n) is 16.9. The van der Waals surface area contributed by atoms with E-state index in [4.69, 9.17) is 42.6 Å². The van der Waals surface area contributed by atoms with Crippen LogP contribution >= 0.6 is 22.7 Å². The van der Waals surface area contributed by atoms with Crippen molar-refractivity contribution in [1.29, 1.82) is 0 Å². The quantitative estimate of drug-likeness (QED) is 0.0645. The van der Waals surface area contributed by atoms with Gasteiger partial charge in [-0.05, 0) is 188 Å². The van der Waals surface area contributed by atoms with Gasteiger partial charge in [0.1, 0.15) is 0 Å². The van der Waals surface area contributed by atoms with Gasteiger partial charge in [0.2, 0.25) is 0 Å². The van der Waals surface area contributed by atoms with E-state index in [0.717, 1.165) is 143 Å². The molecule has 15 rings (SSSR count). The lowest BCUT2D eigenvalue weighted by atomic mass is 9.91. The second-order valence-electron chi connectivity index (χ2n) is 28.1. The van der Waals surface area contributed by atoms with Crippen molar-refractivity contribution in [3.8, 4) is 11.5 Å². The van der Waals surface area contributed by atoms with Gasteiger partial charge in [-0.2, -0.15) is 0 Å². The van der Waals surface area contributed by atoms with Gasteiger partial charge in [-0.15, -0.1) is 22.7 Å². The smallest absolute Gasteiger partial charge is 0.160 e. The summed E-state index contributed by atoms with van der Waals surface area (Å²) >= 11 is 3.67. The molecule has 0 N–H and O–H groups in total. The minimum atomic E-state index is 0.354. The number of likely N-dealkylation sites (tertiary alicyclic amines) is 1. The van der Waals surface area contributed by atoms with Crippen molar-refractivity contribution in [2.75, 3.05) is 133 Å². The van der Waals surface area contributed by atoms with Crippen LogP contribution in [0.3, 0.4) is 0 Å². The highest BCUT2D eigenvalue weighted by Crippen LogP contribution is 2.34. The predicted molar refractivity (Wildman–Crippen MR) is 398 cm³/mol. The molecule has 6 heterocycles. The number of benzene rings is 5. The molecule has 4 saturated heterocycles. The number of rotatable bonds is 22. The minimum absolute atomic E-state index is 0.354. The van der Waals surface area contributed by atoms with E-state index in [2.05, 4.69) is 127 Å². The van der Waals surface area contributed by atoms with E-state index in [-0.39, 0.29) is 0 Å². The highest BCUT2D eigenvalue weighted by Gasteiger charge is 2.36. The molecule has 97 heavy (non-hydrogen) atoms. The van der Waals surface area contributed by atoms with Crippen molar-refractivity contribution < 1.29 is 42.6 Å². The number of nitrogens with zero attached hydrogens (tertiary/aromatic N) is 4. The Morgan fingerprint density at radius 3 is 1.29 bits per heavy atom. The van der Waals surface area contributed by atoms with E-state index >= 15 is 0 Å². The zero-order chi connectivity index (χ0) is 66.1. The van der Waals surface area contributed by atoms with Gasteiger partial charge in [-0.3, -0.25) is 19.6 Å². The van der Waals surface area contributed by atoms with Gasteiger partial charge in [0, 0.05) is 72.8 Å². The summed E-state index contributed by atoms with van der Waals surface area (Å²) < 4.78 is 55.5. The normalized spacial score (nSPS) is 25.5. The first-order valence-corrected chi connectivity index (χ1v) is 39.6. The second-order valence-corrected chi connectivity index (χ2v) is 29.9. The molecule has 0 radical (unpaired) electrons. The molecule has 8 atom stereocenters. The maximum atomic E-state index is 6.42. The van der Waals surface area contributed by atoms with Gasteiger partial charge < -0.3 is 42.6 Å². The Hall–Kier alpha value is -4.56. The maximum absolute atomic E-state index is 6.42. The standard InChI is InChI=1S/C22H29NO.C20H31NO4.2C20H27NO2S/c1-2-11-20-18(8-1)9-7-10-19(20)14-17-24-22-13-4-3-12-21(22)23-15-5-6-16-23;1-22-19-8-7-16(15-20(19)23-2)9-12-25-18-6-4-3-5-17(18)21-10-13-24-14-11-21;1-4-8-20-17(5-1)16(15-24-20)9-12-23-19-7-3-2-6-18(19)21-10-13-22-14-11-21;1-2-6-19(18(5-1)21-10-13-22-14-11-21)23-12-8-16-4-3-7-20-17(16)9-15-24-20/h1-2,7-11,21-22H,3-6,12-17H2;7-8,15,17-18H,3-6,9-14H2,1-2H3;1,4-5,8,15,18-19H,2-3,6-7,9-14H2;3-4,7,9,15,18-19H,1-2,5-6,8,10-14H2. The SMILES string of the molecule is COc1ccc(CCOC2CCCCC2N2CCOCC2)cc1OC.c1cc(CCOC2CCCCC2N2CCOCC2)c2ccsc2c1.c1ccc2c(CCOC3CCCCC3N3CCCC3)cccc2c1.c1ccc2c(CCOC3CCCCC3N3CCOCC3)csc2c1. The highest BCUT2D eigenvalue weighted by atomic mass is 32.1. The molecule has 13 nitrogen and oxygen atoms in total. The lowest BCUT2D eigenvalue weighted by Gasteiger charge is -2.41. The van der Waals surface area contributed by atoms with Gasteiger partial charge in [0.15, 0.2) is 11.5 Å². The first kappa shape index (κ1) is 72.2. The first-order valence-electron chi connectivity index (χ1n) is 37.8. The topological polar surface area (TPSA) is 96.0 Å². The number of hydrogen-bond donors (Lipinski definition) is 0. The Kier molecular flexibility index (Phi) is 29.1. The van der Waals surface area contributed by atoms with Crippen LogP contribution in [0.4, 0.5) is 0 Å². The number of hydrogen-bond acceptors (Lipinski definition) is 15. The second kappa shape index (κ2) is 39.0. The molecule has 0 spiro atoms. The van der Waals surface area contributed by atoms with E-state index < -0.39 is 0 Å². The first-order chi connectivity index (χ1) is 48.1. The fourth-order valence-corrected chi connectivity index (χ4v) is 18.7. The van der Waals surface area contributed by atoms with E-state index in [1.54, 1.807) is 14.2 Å². The molecule has 4 saturated carbocycles. The third-order valence-corrected chi connectivity index (χ3v) is 24.0. The van der Waals surface area contributed by atoms with Crippen molar-refractivity contribution in [2.24, 2.45) is 0 Å². The summed E-state index contributed by atoms with van der Waals surface area (Å²) in [5, 5.41) is 10.0. The van der Waals surface area contributed by atoms with Crippen LogP contribution in [0.25, 0.3) is 30.9 Å². The molecule has 5 aromatic carbocycles. The molecule has 15 heteroatoms. The van der Waals surface area contributed by atoms with Gasteiger partial charge >= 0.3 is 0 Å². The third kappa shape index (κ3) is 20.6. The zero-order valence-electron chi connectivity index (χ0n) is 58.7. The summed E-state index contributed by atoms with van der Waals surface area (Å²) in [6.07, 6.45) is 28.9. The number of fused-ring (bicyclic) bond motifs is 3. The molecule has 0 bridgehead atoms. The predicted octanol–water partition coefficient (Wildman–Crippen LogP) is 15.9. The molecule has 528 valence electrons. The number of ether oxygens (including phenoxy) is 9. The van der Waals surface area contributed by atoms with Crippen molar-refractivity contribution in [3.05, 3.63) is 142 Å². The molecular weight excluding hydrogens is 1250 g/mol. The number of methoxy groups -OCH3 is 2. The van der Waals surface area contributed by atoms with Crippen LogP contribution in [0.2, 0.25) is 0 Å². The lowest BCUT2D eigenvalue weighted by molar-refractivity contribution is -0.0648. The lowest BCUT2D eigenvalue weighted by Crippen LogP contribution is -2.51. The molecule has 7 aromatic rings. The monoisotopic (exact) mass is 1360 g/mol. The summed E-state index contributed by atoms with van der Waals surface area (Å²) in [6, 6.07) is 41.4. The van der Waals surface area contributed by atoms with E-state index in [1.807, 2.05) is 34.8 Å². The van der Waals surface area contributed by atoms with Gasteiger partial charge in [0.25, 0.3) is 0 Å². The number of morpholine rings is 3. The Bertz CT molecular complexity index is 3360. The summed E-state index contributed by atoms with van der Waals surface area (Å²) in [6.45, 7) is 17.4. The van der Waals surface area contributed by atoms with Crippen LogP contribution in [-0.4, -0.2) is 201 Å². The van der Waals surface area contributed by atoms with Crippen LogP contribution in [0.15, 0.2) is 120 Å². The summed E-state index contributed by atoms with van der Waals surface area (Å²) in [5.41, 5.74) is 5.50. The highest BCUT2D eigenvalue weighted by molar-refractivity contribution is 7.17. The molecule has 4 aliphatic carbocycles. The molecule has 8 fully saturated rings. The third-order valence-electron chi connectivity index (χ3n) is 22.1. The van der Waals surface area contributed by atoms with Crippen LogP contribution in [-0.2, 0) is 58.8 Å². The number of thiophene rings is 2. The van der Waals surface area contributed by atoms with Crippen LogP contribution < -0.4 is 9.47 Å². The van der Waals surface area contributed by atoms with Crippen LogP contribution in [0, 0.1) is 0 Å². The molecule has 2 aromatic heterocycles. The Morgan fingerprint density at radius 1 is 0.361 bits per heavy atom. The van der Waals surface area contributed by atoms with Gasteiger partial charge in [-0.1, -0.05) is 130 Å². The fraction of sp³-hybridized carbons (Fsp3) is 0.610. The average molecular weight is 1360 g/mol. The minimum Gasteiger partial charge on any atom is -0.493 e. The van der Waals surface area contributed by atoms with E-state index in [1.165, 1.54) is 182 Å². The molecule has 8 unspecified atom stereocenters. The maximum Gasteiger partial charge on any atom is 0.160 e. The Morgan fingerprint density at radius 2 is 0.763 bits per heavy atom. The van der Waals surface area contributed by atoms with E-state index in [0.29, 0.717) is 48.6 Å². The molecular formula is C82H114N4O9S2. The Labute approximate surface area is 588 Å². The van der Waals surface area contributed by atoms with E-state index in [9.17, 15) is 0 Å². The van der Waals surface area contributed by atoms with Gasteiger partial charge in [-0.25, -0.2) is 0 Å². The van der Waals surface area contributed by atoms with Crippen molar-refractivity contribution >= 4 is 53.6 Å². The molecule has 4 aliphatic heterocycles. The largest absolute Gasteiger partial charge is 0.493 e. The Balaban J connectivity index is 0.000000123. The average Bonchev–Trinajstić information content (AvgIpc) is 1.93. The van der Waals surface area contributed by atoms with Crippen molar-refractivity contribution in [3.63, 3.8) is 0 Å². The van der Waals surface area contributed by atoms with Gasteiger partial charge in [0.05, 0.1) is 105 Å². The summed E-state index contributed by atoms with van der Waals surface area (Å²) in [4.78, 5) is 10.5. The molecule has 8 aliphatic rings. The van der Waals surface area contributed by atoms with Crippen molar-refractivity contribution in [2.45, 2.75) is 190 Å². The zero-order valence-corrected chi connectivity index (χ0v) is 60.4. The van der Waals surface area contributed by atoms with Crippen LogP contribution in [0.5, 0.6) is 11.5 Å². The van der Waals surface area contributed by atoms with Crippen LogP contribution in [0.1, 0.15) is 138 Å².